The topological polar surface area (TPSA) is 80.8 Å². The number of hydrogen-bond acceptors (Lipinski definition) is 6. The molecule has 0 N–H and O–H groups in total. The Hall–Kier alpha value is -5.17. The minimum atomic E-state index is -1.66. The highest BCUT2D eigenvalue weighted by Crippen LogP contribution is 2.60. The number of Topliss-reactive ketones (excluding diaryl/α,β-unsaturated/α-hetero) is 3. The molecule has 3 aliphatic rings. The van der Waals surface area contributed by atoms with Gasteiger partial charge in [0.1, 0.15) is 23.0 Å². The Balaban J connectivity index is 1.48. The molecule has 3 unspecified atom stereocenters. The first kappa shape index (κ1) is 25.8. The van der Waals surface area contributed by atoms with Crippen LogP contribution in [-0.4, -0.2) is 35.4 Å². The highest BCUT2D eigenvalue weighted by molar-refractivity contribution is 6.32. The van der Waals surface area contributed by atoms with Crippen LogP contribution in [0.5, 0.6) is 5.75 Å². The molecule has 1 aliphatic carbocycles. The van der Waals surface area contributed by atoms with Crippen molar-refractivity contribution >= 4 is 35.1 Å². The zero-order chi connectivity index (χ0) is 29.2. The summed E-state index contributed by atoms with van der Waals surface area (Å²) in [4.78, 5) is 57.2. The number of ether oxygens (including phenoxy) is 1. The van der Waals surface area contributed by atoms with Gasteiger partial charge in [-0.05, 0) is 53.6 Å². The van der Waals surface area contributed by atoms with Crippen LogP contribution in [0, 0.1) is 11.2 Å². The summed E-state index contributed by atoms with van der Waals surface area (Å²) in [6.45, 7) is 1.29. The van der Waals surface area contributed by atoms with Gasteiger partial charge in [0.15, 0.2) is 17.3 Å². The second-order valence-corrected chi connectivity index (χ2v) is 10.8. The van der Waals surface area contributed by atoms with Gasteiger partial charge in [-0.15, -0.1) is 0 Å². The van der Waals surface area contributed by atoms with Crippen LogP contribution in [0.2, 0.25) is 0 Å². The van der Waals surface area contributed by atoms with Crippen LogP contribution in [-0.2, 0) is 4.79 Å². The lowest BCUT2D eigenvalue weighted by molar-refractivity contribution is -0.131. The molecule has 7 heteroatoms. The number of carbonyl (C=O) groups excluding carboxylic acids is 4. The van der Waals surface area contributed by atoms with Crippen molar-refractivity contribution in [1.82, 2.24) is 0 Å². The van der Waals surface area contributed by atoms with E-state index in [9.17, 15) is 23.6 Å². The van der Waals surface area contributed by atoms with Crippen molar-refractivity contribution in [3.63, 3.8) is 0 Å². The molecule has 3 atom stereocenters. The minimum Gasteiger partial charge on any atom is -0.427 e. The molecular formula is C35H24FNO5. The zero-order valence-electron chi connectivity index (χ0n) is 22.5. The third kappa shape index (κ3) is 3.56. The fraction of sp³-hybridized carbons (Fsp3) is 0.143. The number of rotatable bonds is 4. The third-order valence-electron chi connectivity index (χ3n) is 8.61. The lowest BCUT2D eigenvalue weighted by Crippen LogP contribution is -2.48. The van der Waals surface area contributed by atoms with E-state index >= 15 is 0 Å². The maximum absolute atomic E-state index is 14.7. The Morgan fingerprint density at radius 3 is 2.07 bits per heavy atom. The summed E-state index contributed by atoms with van der Waals surface area (Å²) in [7, 11) is 0. The van der Waals surface area contributed by atoms with Crippen molar-refractivity contribution in [3.8, 4) is 5.75 Å². The highest BCUT2D eigenvalue weighted by atomic mass is 19.1. The number of carbonyl (C=O) groups is 4. The molecule has 206 valence electrons. The van der Waals surface area contributed by atoms with E-state index in [1.807, 2.05) is 41.3 Å². The van der Waals surface area contributed by atoms with Crippen molar-refractivity contribution in [2.24, 2.45) is 5.41 Å². The molecule has 4 aromatic rings. The Kier molecular flexibility index (Phi) is 5.80. The van der Waals surface area contributed by atoms with E-state index in [-0.39, 0.29) is 23.1 Å². The first-order valence-electron chi connectivity index (χ1n) is 13.6. The van der Waals surface area contributed by atoms with E-state index in [0.717, 1.165) is 11.3 Å². The predicted molar refractivity (Wildman–Crippen MR) is 154 cm³/mol. The number of ketones is 3. The molecule has 4 aromatic carbocycles. The molecule has 0 radical (unpaired) electrons. The van der Waals surface area contributed by atoms with E-state index < -0.39 is 35.2 Å². The average molecular weight is 558 g/mol. The molecule has 0 amide bonds. The number of halogens is 1. The molecule has 1 fully saturated rings. The molecule has 42 heavy (non-hydrogen) atoms. The number of para-hydroxylation sites is 1. The number of fused-ring (bicyclic) bond motifs is 5. The smallest absolute Gasteiger partial charge is 0.308 e. The average Bonchev–Trinajstić information content (AvgIpc) is 3.43. The van der Waals surface area contributed by atoms with Gasteiger partial charge in [-0.25, -0.2) is 4.39 Å². The van der Waals surface area contributed by atoms with Crippen molar-refractivity contribution in [1.29, 1.82) is 0 Å². The summed E-state index contributed by atoms with van der Waals surface area (Å²) in [6, 6.07) is 24.4. The van der Waals surface area contributed by atoms with Gasteiger partial charge in [0.2, 0.25) is 0 Å². The Labute approximate surface area is 241 Å². The normalized spacial score (nSPS) is 21.2. The third-order valence-corrected chi connectivity index (χ3v) is 8.61. The number of anilines is 1. The molecule has 0 aromatic heterocycles. The summed E-state index contributed by atoms with van der Waals surface area (Å²) in [5.74, 6) is -2.62. The molecule has 7 rings (SSSR count). The summed E-state index contributed by atoms with van der Waals surface area (Å²) >= 11 is 0. The van der Waals surface area contributed by atoms with E-state index in [4.69, 9.17) is 4.74 Å². The molecule has 0 saturated carbocycles. The van der Waals surface area contributed by atoms with Gasteiger partial charge in [0, 0.05) is 35.2 Å². The van der Waals surface area contributed by atoms with Crippen LogP contribution in [0.15, 0.2) is 103 Å². The zero-order valence-corrected chi connectivity index (χ0v) is 22.5. The van der Waals surface area contributed by atoms with E-state index in [0.29, 0.717) is 22.3 Å². The largest absolute Gasteiger partial charge is 0.427 e. The van der Waals surface area contributed by atoms with Crippen LogP contribution in [0.4, 0.5) is 10.1 Å². The maximum atomic E-state index is 14.7. The van der Waals surface area contributed by atoms with Crippen LogP contribution in [0.25, 0.3) is 6.08 Å². The lowest BCUT2D eigenvalue weighted by atomic mass is 9.64. The summed E-state index contributed by atoms with van der Waals surface area (Å²) < 4.78 is 19.3. The summed E-state index contributed by atoms with van der Waals surface area (Å²) in [5, 5.41) is 0. The van der Waals surface area contributed by atoms with Crippen molar-refractivity contribution < 1.29 is 28.3 Å². The van der Waals surface area contributed by atoms with Gasteiger partial charge in [0.05, 0.1) is 6.04 Å². The number of nitrogens with zero attached hydrogens (tertiary/aromatic N) is 1. The van der Waals surface area contributed by atoms with Gasteiger partial charge in [-0.1, -0.05) is 66.7 Å². The molecule has 1 spiro atoms. The fourth-order valence-corrected chi connectivity index (χ4v) is 6.98. The summed E-state index contributed by atoms with van der Waals surface area (Å²) in [5.41, 5.74) is 1.38. The van der Waals surface area contributed by atoms with Crippen LogP contribution >= 0.6 is 0 Å². The standard InChI is InChI=1S/C35H24FNO5/c1-20(38)42-25-17-12-23(13-18-25)32(39)31-30(22-10-15-24(36)16-11-22)35(33(40)26-7-3-4-8-27(26)34(35)41)29-19-14-21-6-2-5-9-28(21)37(29)31/h2-19,29-31H,1H3. The van der Waals surface area contributed by atoms with E-state index in [1.54, 1.807) is 48.5 Å². The van der Waals surface area contributed by atoms with Gasteiger partial charge < -0.3 is 9.64 Å². The Morgan fingerprint density at radius 2 is 1.43 bits per heavy atom. The van der Waals surface area contributed by atoms with Gasteiger partial charge >= 0.3 is 5.97 Å². The summed E-state index contributed by atoms with van der Waals surface area (Å²) in [6.07, 6.45) is 3.74. The monoisotopic (exact) mass is 557 g/mol. The molecule has 0 bridgehead atoms. The molecule has 2 aliphatic heterocycles. The first-order valence-corrected chi connectivity index (χ1v) is 13.6. The molecule has 2 heterocycles. The fourth-order valence-electron chi connectivity index (χ4n) is 6.98. The maximum Gasteiger partial charge on any atom is 0.308 e. The lowest BCUT2D eigenvalue weighted by Gasteiger charge is -2.37. The second kappa shape index (κ2) is 9.45. The second-order valence-electron chi connectivity index (χ2n) is 10.8. The number of esters is 1. The van der Waals surface area contributed by atoms with Crippen molar-refractivity contribution in [3.05, 3.63) is 137 Å². The Bertz CT molecular complexity index is 1790. The van der Waals surface area contributed by atoms with Gasteiger partial charge in [0.25, 0.3) is 0 Å². The number of hydrogen-bond donors (Lipinski definition) is 0. The quantitative estimate of drug-likeness (QED) is 0.131. The van der Waals surface area contributed by atoms with Crippen LogP contribution in [0.1, 0.15) is 55.0 Å². The minimum absolute atomic E-state index is 0.290. The van der Waals surface area contributed by atoms with Gasteiger partial charge in [-0.3, -0.25) is 19.2 Å². The van der Waals surface area contributed by atoms with Crippen LogP contribution in [0.3, 0.4) is 0 Å². The van der Waals surface area contributed by atoms with Crippen LogP contribution < -0.4 is 9.64 Å². The predicted octanol–water partition coefficient (Wildman–Crippen LogP) is 6.07. The van der Waals surface area contributed by atoms with Gasteiger partial charge in [-0.2, -0.15) is 0 Å². The molecule has 6 nitrogen and oxygen atoms in total. The Morgan fingerprint density at radius 1 is 0.810 bits per heavy atom. The SMILES string of the molecule is CC(=O)Oc1ccc(C(=O)C2C(c3ccc(F)cc3)C3(C(=O)c4ccccc4C3=O)C3C=Cc4ccccc4N23)cc1. The molecule has 1 saturated heterocycles. The van der Waals surface area contributed by atoms with E-state index in [2.05, 4.69) is 0 Å². The molecular weight excluding hydrogens is 533 g/mol. The van der Waals surface area contributed by atoms with Crippen molar-refractivity contribution in [2.45, 2.75) is 24.9 Å². The first-order chi connectivity index (χ1) is 20.3. The number of benzene rings is 4. The highest BCUT2D eigenvalue weighted by Gasteiger charge is 2.71. The van der Waals surface area contributed by atoms with Crippen molar-refractivity contribution in [2.75, 3.05) is 4.90 Å². The van der Waals surface area contributed by atoms with E-state index in [1.165, 1.54) is 31.2 Å².